The molecular formula is C15H18O6. The molecule has 0 spiro atoms. The van der Waals surface area contributed by atoms with Gasteiger partial charge in [-0.1, -0.05) is 6.07 Å². The predicted octanol–water partition coefficient (Wildman–Crippen LogP) is 2.12. The zero-order chi connectivity index (χ0) is 15.8. The molecule has 1 rings (SSSR count). The number of hydrogen-bond acceptors (Lipinski definition) is 6. The number of ketones is 1. The number of ether oxygens (including phenoxy) is 3. The van der Waals surface area contributed by atoms with Gasteiger partial charge in [0.25, 0.3) is 5.78 Å². The van der Waals surface area contributed by atoms with Crippen molar-refractivity contribution in [3.63, 3.8) is 0 Å². The Kier molecular flexibility index (Phi) is 6.26. The molecule has 0 aromatic heterocycles. The van der Waals surface area contributed by atoms with Gasteiger partial charge < -0.3 is 19.3 Å². The number of carbonyl (C=O) groups is 2. The summed E-state index contributed by atoms with van der Waals surface area (Å²) in [6.45, 7) is 4.33. The van der Waals surface area contributed by atoms with Crippen LogP contribution < -0.4 is 9.47 Å². The SMILES string of the molecule is CCOc1cccc(OCC)c1/C(O)=C/C(=O)C(=O)OC. The van der Waals surface area contributed by atoms with Crippen LogP contribution in [0.2, 0.25) is 0 Å². The molecule has 0 bridgehead atoms. The topological polar surface area (TPSA) is 82.1 Å². The third-order valence-electron chi connectivity index (χ3n) is 2.50. The highest BCUT2D eigenvalue weighted by Gasteiger charge is 2.18. The molecule has 0 heterocycles. The van der Waals surface area contributed by atoms with Crippen molar-refractivity contribution in [3.05, 3.63) is 29.8 Å². The van der Waals surface area contributed by atoms with E-state index in [2.05, 4.69) is 4.74 Å². The Morgan fingerprint density at radius 1 is 1.14 bits per heavy atom. The van der Waals surface area contributed by atoms with Crippen molar-refractivity contribution in [2.24, 2.45) is 0 Å². The zero-order valence-corrected chi connectivity index (χ0v) is 12.2. The van der Waals surface area contributed by atoms with Gasteiger partial charge in [-0.05, 0) is 26.0 Å². The van der Waals surface area contributed by atoms with Gasteiger partial charge in [0.05, 0.1) is 20.3 Å². The first kappa shape index (κ1) is 16.6. The van der Waals surface area contributed by atoms with Gasteiger partial charge >= 0.3 is 5.97 Å². The van der Waals surface area contributed by atoms with Crippen LogP contribution in [0.25, 0.3) is 5.76 Å². The van der Waals surface area contributed by atoms with Gasteiger partial charge in [0.1, 0.15) is 22.8 Å². The molecule has 0 aliphatic heterocycles. The molecule has 0 radical (unpaired) electrons. The lowest BCUT2D eigenvalue weighted by atomic mass is 10.1. The molecule has 0 saturated heterocycles. The number of aliphatic hydroxyl groups is 1. The van der Waals surface area contributed by atoms with Gasteiger partial charge in [-0.15, -0.1) is 0 Å². The third-order valence-corrected chi connectivity index (χ3v) is 2.50. The van der Waals surface area contributed by atoms with Gasteiger partial charge in [-0.3, -0.25) is 4.79 Å². The molecule has 6 heteroatoms. The summed E-state index contributed by atoms with van der Waals surface area (Å²) in [7, 11) is 1.09. The first-order valence-corrected chi connectivity index (χ1v) is 6.47. The van der Waals surface area contributed by atoms with Gasteiger partial charge in [0.2, 0.25) is 0 Å². The summed E-state index contributed by atoms with van der Waals surface area (Å²) < 4.78 is 15.1. The van der Waals surface area contributed by atoms with Crippen LogP contribution in [0, 0.1) is 0 Å². The highest BCUT2D eigenvalue weighted by atomic mass is 16.5. The lowest BCUT2D eigenvalue weighted by molar-refractivity contribution is -0.149. The summed E-state index contributed by atoms with van der Waals surface area (Å²) in [5, 5.41) is 10.1. The number of hydrogen-bond donors (Lipinski definition) is 1. The van der Waals surface area contributed by atoms with E-state index in [0.29, 0.717) is 24.7 Å². The second kappa shape index (κ2) is 7.94. The van der Waals surface area contributed by atoms with Crippen LogP contribution in [0.15, 0.2) is 24.3 Å². The Morgan fingerprint density at radius 2 is 1.67 bits per heavy atom. The highest BCUT2D eigenvalue weighted by Crippen LogP contribution is 2.33. The van der Waals surface area contributed by atoms with E-state index < -0.39 is 17.5 Å². The lowest BCUT2D eigenvalue weighted by Crippen LogP contribution is -2.13. The molecule has 1 aromatic rings. The Balaban J connectivity index is 3.27. The molecule has 0 unspecified atom stereocenters. The molecule has 21 heavy (non-hydrogen) atoms. The molecule has 0 fully saturated rings. The third kappa shape index (κ3) is 4.24. The number of carbonyl (C=O) groups excluding carboxylic acids is 2. The van der Waals surface area contributed by atoms with Crippen molar-refractivity contribution in [2.75, 3.05) is 20.3 Å². The number of rotatable bonds is 7. The average molecular weight is 294 g/mol. The van der Waals surface area contributed by atoms with Gasteiger partial charge in [0, 0.05) is 6.08 Å². The van der Waals surface area contributed by atoms with E-state index in [1.165, 1.54) is 0 Å². The molecule has 0 amide bonds. The maximum atomic E-state index is 11.5. The van der Waals surface area contributed by atoms with Gasteiger partial charge in [-0.2, -0.15) is 0 Å². The molecular weight excluding hydrogens is 276 g/mol. The second-order valence-electron chi connectivity index (χ2n) is 3.88. The van der Waals surface area contributed by atoms with Crippen molar-refractivity contribution in [1.82, 2.24) is 0 Å². The number of benzene rings is 1. The summed E-state index contributed by atoms with van der Waals surface area (Å²) >= 11 is 0. The van der Waals surface area contributed by atoms with Gasteiger partial charge in [0.15, 0.2) is 0 Å². The van der Waals surface area contributed by atoms with E-state index >= 15 is 0 Å². The van der Waals surface area contributed by atoms with Crippen molar-refractivity contribution in [2.45, 2.75) is 13.8 Å². The Bertz CT molecular complexity index is 523. The number of aliphatic hydroxyl groups excluding tert-OH is 1. The molecule has 0 saturated carbocycles. The van der Waals surface area contributed by atoms with Crippen molar-refractivity contribution in [1.29, 1.82) is 0 Å². The summed E-state index contributed by atoms with van der Waals surface area (Å²) in [5.41, 5.74) is 0.221. The normalized spacial score (nSPS) is 10.9. The fourth-order valence-corrected chi connectivity index (χ4v) is 1.67. The van der Waals surface area contributed by atoms with Crippen LogP contribution in [0.1, 0.15) is 19.4 Å². The largest absolute Gasteiger partial charge is 0.507 e. The minimum Gasteiger partial charge on any atom is -0.507 e. The smallest absolute Gasteiger partial charge is 0.378 e. The standard InChI is InChI=1S/C15H18O6/c1-4-20-12-7-6-8-13(21-5-2)14(12)10(16)9-11(17)15(18)19-3/h6-9,16H,4-5H2,1-3H3/b10-9-. The van der Waals surface area contributed by atoms with E-state index in [1.807, 2.05) is 0 Å². The minimum absolute atomic E-state index is 0.221. The summed E-state index contributed by atoms with van der Waals surface area (Å²) in [6, 6.07) is 4.97. The summed E-state index contributed by atoms with van der Waals surface area (Å²) in [4.78, 5) is 22.6. The van der Waals surface area contributed by atoms with Crippen molar-refractivity contribution < 1.29 is 28.9 Å². The molecule has 6 nitrogen and oxygen atoms in total. The van der Waals surface area contributed by atoms with Gasteiger partial charge in [-0.25, -0.2) is 4.79 Å². The zero-order valence-electron chi connectivity index (χ0n) is 12.2. The van der Waals surface area contributed by atoms with E-state index in [-0.39, 0.29) is 5.56 Å². The maximum absolute atomic E-state index is 11.5. The predicted molar refractivity (Wildman–Crippen MR) is 76.4 cm³/mol. The number of methoxy groups -OCH3 is 1. The summed E-state index contributed by atoms with van der Waals surface area (Å²) in [6.07, 6.45) is 0.784. The highest BCUT2D eigenvalue weighted by molar-refractivity contribution is 6.39. The lowest BCUT2D eigenvalue weighted by Gasteiger charge is -2.14. The van der Waals surface area contributed by atoms with Crippen LogP contribution in [0.3, 0.4) is 0 Å². The first-order valence-electron chi connectivity index (χ1n) is 6.47. The van der Waals surface area contributed by atoms with Crippen molar-refractivity contribution >= 4 is 17.5 Å². The molecule has 0 aliphatic rings. The van der Waals surface area contributed by atoms with Crippen LogP contribution in [0.5, 0.6) is 11.5 Å². The maximum Gasteiger partial charge on any atom is 0.378 e. The van der Waals surface area contributed by atoms with E-state index in [9.17, 15) is 14.7 Å². The second-order valence-corrected chi connectivity index (χ2v) is 3.88. The molecule has 114 valence electrons. The Morgan fingerprint density at radius 3 is 2.10 bits per heavy atom. The molecule has 1 aromatic carbocycles. The molecule has 1 N–H and O–H groups in total. The van der Waals surface area contributed by atoms with Crippen LogP contribution in [0.4, 0.5) is 0 Å². The summed E-state index contributed by atoms with van der Waals surface area (Å²) in [5.74, 6) is -1.74. The number of esters is 1. The molecule has 0 atom stereocenters. The fraction of sp³-hybridized carbons (Fsp3) is 0.333. The Labute approximate surface area is 122 Å². The van der Waals surface area contributed by atoms with Crippen LogP contribution >= 0.6 is 0 Å². The Hall–Kier alpha value is -2.50. The molecule has 0 aliphatic carbocycles. The van der Waals surface area contributed by atoms with E-state index in [1.54, 1.807) is 32.0 Å². The average Bonchev–Trinajstić information content (AvgIpc) is 2.47. The fourth-order valence-electron chi connectivity index (χ4n) is 1.67. The minimum atomic E-state index is -1.06. The quantitative estimate of drug-likeness (QED) is 0.359. The van der Waals surface area contributed by atoms with Crippen LogP contribution in [-0.2, 0) is 14.3 Å². The van der Waals surface area contributed by atoms with E-state index in [4.69, 9.17) is 9.47 Å². The van der Waals surface area contributed by atoms with Crippen LogP contribution in [-0.4, -0.2) is 37.2 Å². The van der Waals surface area contributed by atoms with Crippen molar-refractivity contribution in [3.8, 4) is 11.5 Å². The first-order chi connectivity index (χ1) is 10.0. The monoisotopic (exact) mass is 294 g/mol. The van der Waals surface area contributed by atoms with E-state index in [0.717, 1.165) is 13.2 Å².